The molecule has 5 heteroatoms. The molecule has 0 bridgehead atoms. The van der Waals surface area contributed by atoms with Gasteiger partial charge in [0.15, 0.2) is 10.9 Å². The molecule has 0 spiro atoms. The molecule has 4 nitrogen and oxygen atoms in total. The van der Waals surface area contributed by atoms with Crippen LogP contribution in [0.25, 0.3) is 0 Å². The Labute approximate surface area is 186 Å². The summed E-state index contributed by atoms with van der Waals surface area (Å²) in [6, 6.07) is 35.0. The molecule has 0 heterocycles. The third-order valence-corrected chi connectivity index (χ3v) is 5.87. The van der Waals surface area contributed by atoms with E-state index < -0.39 is 0 Å². The number of hydrogen-bond donors (Lipinski definition) is 2. The Hall–Kier alpha value is -3.57. The van der Waals surface area contributed by atoms with E-state index in [9.17, 15) is 0 Å². The van der Waals surface area contributed by atoms with Gasteiger partial charge in [-0.25, -0.2) is 0 Å². The average Bonchev–Trinajstić information content (AvgIpc) is 2.80. The van der Waals surface area contributed by atoms with Crippen LogP contribution in [0.15, 0.2) is 109 Å². The minimum Gasteiger partial charge on any atom is -0.475 e. The fraction of sp³-hybridized carbons (Fsp3) is 0.0769. The van der Waals surface area contributed by atoms with Crippen LogP contribution in [0.3, 0.4) is 0 Å². The molecule has 0 amide bonds. The van der Waals surface area contributed by atoms with Crippen molar-refractivity contribution in [2.24, 2.45) is 0 Å². The molecule has 156 valence electrons. The summed E-state index contributed by atoms with van der Waals surface area (Å²) in [5, 5.41) is 0. The van der Waals surface area contributed by atoms with Gasteiger partial charge in [0, 0.05) is 22.5 Å². The molecule has 0 aliphatic carbocycles. The van der Waals surface area contributed by atoms with Crippen molar-refractivity contribution in [1.29, 1.82) is 0 Å². The van der Waals surface area contributed by atoms with E-state index in [1.807, 2.05) is 109 Å². The molecular formula is C26H24N2O2S. The number of nitrogens with two attached hydrogens (primary N) is 2. The molecule has 4 rings (SSSR count). The molecule has 0 aliphatic rings. The van der Waals surface area contributed by atoms with Crippen molar-refractivity contribution in [3.8, 4) is 11.5 Å². The van der Waals surface area contributed by atoms with Gasteiger partial charge in [-0.15, -0.1) is 0 Å². The van der Waals surface area contributed by atoms with Crippen molar-refractivity contribution < 1.29 is 9.47 Å². The van der Waals surface area contributed by atoms with Crippen LogP contribution in [0, 0.1) is 0 Å². The second-order valence-electron chi connectivity index (χ2n) is 7.00. The first-order valence-electron chi connectivity index (χ1n) is 9.97. The van der Waals surface area contributed by atoms with Crippen LogP contribution in [0.5, 0.6) is 11.5 Å². The summed E-state index contributed by atoms with van der Waals surface area (Å²) in [6.45, 7) is 0. The molecule has 0 aromatic heterocycles. The van der Waals surface area contributed by atoms with Crippen LogP contribution in [-0.4, -0.2) is 0 Å². The second-order valence-corrected chi connectivity index (χ2v) is 8.12. The summed E-state index contributed by atoms with van der Waals surface area (Å²) in [7, 11) is 0. The van der Waals surface area contributed by atoms with Crippen LogP contribution in [0.2, 0.25) is 0 Å². The molecule has 2 unspecified atom stereocenters. The molecule has 4 aromatic rings. The van der Waals surface area contributed by atoms with Gasteiger partial charge in [0.25, 0.3) is 0 Å². The number of anilines is 2. The molecule has 31 heavy (non-hydrogen) atoms. The van der Waals surface area contributed by atoms with Gasteiger partial charge in [0.05, 0.1) is 0 Å². The van der Waals surface area contributed by atoms with Crippen LogP contribution >= 0.6 is 11.8 Å². The third kappa shape index (κ3) is 5.74. The van der Waals surface area contributed by atoms with Gasteiger partial charge in [-0.1, -0.05) is 72.4 Å². The summed E-state index contributed by atoms with van der Waals surface area (Å²) in [6.07, 6.45) is 0. The molecule has 0 fully saturated rings. The lowest BCUT2D eigenvalue weighted by Gasteiger charge is -2.26. The highest BCUT2D eigenvalue weighted by Gasteiger charge is 2.24. The number of para-hydroxylation sites is 2. The predicted molar refractivity (Wildman–Crippen MR) is 129 cm³/mol. The Bertz CT molecular complexity index is 983. The summed E-state index contributed by atoms with van der Waals surface area (Å²) < 4.78 is 12.7. The smallest absolute Gasteiger partial charge is 0.173 e. The zero-order chi connectivity index (χ0) is 21.5. The molecular weight excluding hydrogens is 404 g/mol. The van der Waals surface area contributed by atoms with Crippen LogP contribution < -0.4 is 20.9 Å². The Kier molecular flexibility index (Phi) is 6.65. The number of hydrogen-bond acceptors (Lipinski definition) is 5. The second kappa shape index (κ2) is 9.96. The lowest BCUT2D eigenvalue weighted by Crippen LogP contribution is -2.11. The van der Waals surface area contributed by atoms with Gasteiger partial charge in [-0.2, -0.15) is 0 Å². The highest BCUT2D eigenvalue weighted by molar-refractivity contribution is 7.99. The van der Waals surface area contributed by atoms with Crippen molar-refractivity contribution >= 4 is 23.1 Å². The summed E-state index contributed by atoms with van der Waals surface area (Å²) in [5.74, 6) is 1.57. The maximum atomic E-state index is 6.37. The Morgan fingerprint density at radius 3 is 1.19 bits per heavy atom. The van der Waals surface area contributed by atoms with Crippen LogP contribution in [-0.2, 0) is 0 Å². The number of ether oxygens (including phenoxy) is 2. The van der Waals surface area contributed by atoms with E-state index in [-0.39, 0.29) is 10.9 Å². The first-order chi connectivity index (χ1) is 15.2. The van der Waals surface area contributed by atoms with Crippen molar-refractivity contribution in [3.63, 3.8) is 0 Å². The zero-order valence-corrected chi connectivity index (χ0v) is 17.7. The SMILES string of the molecule is Nc1ccc(C(Oc2ccccc2)SC(Oc2ccccc2)c2ccc(N)cc2)cc1. The van der Waals surface area contributed by atoms with Crippen molar-refractivity contribution in [2.75, 3.05) is 11.5 Å². The third-order valence-electron chi connectivity index (χ3n) is 4.64. The Morgan fingerprint density at radius 1 is 0.484 bits per heavy atom. The van der Waals surface area contributed by atoms with Gasteiger partial charge in [0.2, 0.25) is 0 Å². The molecule has 4 N–H and O–H groups in total. The maximum Gasteiger partial charge on any atom is 0.173 e. The average molecular weight is 429 g/mol. The molecule has 0 saturated heterocycles. The van der Waals surface area contributed by atoms with E-state index in [2.05, 4.69) is 0 Å². The maximum absolute atomic E-state index is 6.37. The molecule has 0 radical (unpaired) electrons. The van der Waals surface area contributed by atoms with E-state index in [0.29, 0.717) is 11.4 Å². The van der Waals surface area contributed by atoms with Gasteiger partial charge in [-0.05, 0) is 48.5 Å². The monoisotopic (exact) mass is 428 g/mol. The summed E-state index contributed by atoms with van der Waals surface area (Å²) in [5.41, 5.74) is 14.6. The molecule has 0 aliphatic heterocycles. The van der Waals surface area contributed by atoms with Gasteiger partial charge < -0.3 is 20.9 Å². The standard InChI is InChI=1S/C26H24N2O2S/c27-21-15-11-19(12-16-21)25(29-23-7-3-1-4-8-23)31-26(20-13-17-22(28)18-14-20)30-24-9-5-2-6-10-24/h1-18,25-26H,27-28H2. The van der Waals surface area contributed by atoms with Crippen molar-refractivity contribution in [3.05, 3.63) is 120 Å². The van der Waals surface area contributed by atoms with Gasteiger partial charge in [-0.3, -0.25) is 0 Å². The minimum atomic E-state index is -0.311. The first-order valence-corrected chi connectivity index (χ1v) is 10.9. The minimum absolute atomic E-state index is 0.311. The largest absolute Gasteiger partial charge is 0.475 e. The lowest BCUT2D eigenvalue weighted by atomic mass is 10.2. The highest BCUT2D eigenvalue weighted by Crippen LogP contribution is 2.43. The number of benzene rings is 4. The number of rotatable bonds is 8. The number of nitrogen functional groups attached to an aromatic ring is 2. The van der Waals surface area contributed by atoms with E-state index in [4.69, 9.17) is 20.9 Å². The van der Waals surface area contributed by atoms with E-state index in [1.165, 1.54) is 0 Å². The van der Waals surface area contributed by atoms with Crippen molar-refractivity contribution in [1.82, 2.24) is 0 Å². The zero-order valence-electron chi connectivity index (χ0n) is 16.9. The predicted octanol–water partition coefficient (Wildman–Crippen LogP) is 6.44. The summed E-state index contributed by atoms with van der Waals surface area (Å²) in [4.78, 5) is 0. The lowest BCUT2D eigenvalue weighted by molar-refractivity contribution is 0.267. The van der Waals surface area contributed by atoms with E-state index in [1.54, 1.807) is 11.8 Å². The quantitative estimate of drug-likeness (QED) is 0.250. The van der Waals surface area contributed by atoms with E-state index >= 15 is 0 Å². The molecule has 4 aromatic carbocycles. The van der Waals surface area contributed by atoms with E-state index in [0.717, 1.165) is 22.6 Å². The highest BCUT2D eigenvalue weighted by atomic mass is 32.2. The Balaban J connectivity index is 1.66. The summed E-state index contributed by atoms with van der Waals surface area (Å²) >= 11 is 1.57. The fourth-order valence-electron chi connectivity index (χ4n) is 3.01. The first kappa shape index (κ1) is 20.7. The molecule has 0 saturated carbocycles. The number of thioether (sulfide) groups is 1. The topological polar surface area (TPSA) is 70.5 Å². The fourth-order valence-corrected chi connectivity index (χ4v) is 4.20. The molecule has 2 atom stereocenters. The van der Waals surface area contributed by atoms with Crippen LogP contribution in [0.4, 0.5) is 11.4 Å². The van der Waals surface area contributed by atoms with Crippen LogP contribution in [0.1, 0.15) is 22.0 Å². The van der Waals surface area contributed by atoms with Crippen molar-refractivity contribution in [2.45, 2.75) is 10.9 Å². The Morgan fingerprint density at radius 2 is 0.839 bits per heavy atom. The normalized spacial score (nSPS) is 12.6. The van der Waals surface area contributed by atoms with Gasteiger partial charge >= 0.3 is 0 Å². The van der Waals surface area contributed by atoms with Gasteiger partial charge in [0.1, 0.15) is 11.5 Å².